The molecule has 0 aromatic heterocycles. The number of amides is 2. The van der Waals surface area contributed by atoms with Crippen molar-refractivity contribution in [2.75, 3.05) is 26.0 Å². The van der Waals surface area contributed by atoms with Crippen LogP contribution < -0.4 is 10.6 Å². The number of rotatable bonds is 7. The second kappa shape index (κ2) is 10.2. The van der Waals surface area contributed by atoms with Crippen LogP contribution >= 0.6 is 11.8 Å². The van der Waals surface area contributed by atoms with Gasteiger partial charge in [-0.05, 0) is 66.9 Å². The maximum atomic E-state index is 13.6. The van der Waals surface area contributed by atoms with Gasteiger partial charge in [-0.15, -0.1) is 0 Å². The van der Waals surface area contributed by atoms with Crippen molar-refractivity contribution in [3.63, 3.8) is 0 Å². The van der Waals surface area contributed by atoms with Crippen molar-refractivity contribution >= 4 is 39.3 Å². The molecule has 0 saturated heterocycles. The summed E-state index contributed by atoms with van der Waals surface area (Å²) < 4.78 is 39.1. The molecule has 3 aromatic rings. The maximum Gasteiger partial charge on any atom is 0.256 e. The molecule has 1 aliphatic rings. The third-order valence-electron chi connectivity index (χ3n) is 5.53. The molecule has 2 N–H and O–H groups in total. The Hall–Kier alpha value is -3.21. The van der Waals surface area contributed by atoms with E-state index in [4.69, 9.17) is 0 Å². The minimum Gasteiger partial charge on any atom is -0.352 e. The van der Waals surface area contributed by atoms with Crippen LogP contribution in [-0.4, -0.2) is 45.2 Å². The molecule has 10 heteroatoms. The van der Waals surface area contributed by atoms with Crippen molar-refractivity contribution in [1.29, 1.82) is 0 Å². The topological polar surface area (TPSA) is 95.6 Å². The molecule has 35 heavy (non-hydrogen) atoms. The Morgan fingerprint density at radius 2 is 1.77 bits per heavy atom. The minimum absolute atomic E-state index is 0.237. The molecule has 0 aliphatic carbocycles. The molecule has 0 radical (unpaired) electrons. The third-order valence-corrected chi connectivity index (χ3v) is 8.49. The van der Waals surface area contributed by atoms with E-state index in [1.165, 1.54) is 48.4 Å². The molecule has 0 spiro atoms. The highest BCUT2D eigenvalue weighted by atomic mass is 32.2. The SMILES string of the molecule is CN(C)S(=O)(=O)c1ccc(CCCNC(=O)c2ccc3c(c2)NC(=O)c2ccc(F)cc2S3)cc1. The molecule has 7 nitrogen and oxygen atoms in total. The van der Waals surface area contributed by atoms with Crippen LogP contribution in [-0.2, 0) is 16.4 Å². The number of benzene rings is 3. The average Bonchev–Trinajstić information content (AvgIpc) is 2.96. The number of halogens is 1. The zero-order valence-electron chi connectivity index (χ0n) is 19.2. The standard InChI is InChI=1S/C25H24FN3O4S2/c1-29(2)35(32,33)19-9-5-16(6-10-19)4-3-13-27-24(30)17-7-12-22-21(14-17)28-25(31)20-11-8-18(26)15-23(20)34-22/h5-12,14-15H,3-4,13H2,1-2H3,(H,27,30)(H,28,31). The zero-order valence-corrected chi connectivity index (χ0v) is 20.8. The normalized spacial score (nSPS) is 13.0. The zero-order chi connectivity index (χ0) is 25.2. The van der Waals surface area contributed by atoms with Crippen molar-refractivity contribution < 1.29 is 22.4 Å². The van der Waals surface area contributed by atoms with Crippen LogP contribution in [0.2, 0.25) is 0 Å². The van der Waals surface area contributed by atoms with E-state index in [0.29, 0.717) is 41.1 Å². The molecule has 0 unspecified atom stereocenters. The number of aryl methyl sites for hydroxylation is 1. The first-order valence-corrected chi connectivity index (χ1v) is 13.1. The Morgan fingerprint density at radius 1 is 1.03 bits per heavy atom. The van der Waals surface area contributed by atoms with E-state index in [9.17, 15) is 22.4 Å². The lowest BCUT2D eigenvalue weighted by Crippen LogP contribution is -2.25. The fourth-order valence-electron chi connectivity index (χ4n) is 3.57. The number of hydrogen-bond donors (Lipinski definition) is 2. The van der Waals surface area contributed by atoms with Crippen LogP contribution in [0.15, 0.2) is 75.4 Å². The summed E-state index contributed by atoms with van der Waals surface area (Å²) in [5.41, 5.74) is 2.25. The van der Waals surface area contributed by atoms with Crippen LogP contribution in [0.5, 0.6) is 0 Å². The molecule has 1 aliphatic heterocycles. The van der Waals surface area contributed by atoms with Crippen molar-refractivity contribution in [2.45, 2.75) is 27.5 Å². The van der Waals surface area contributed by atoms with E-state index in [2.05, 4.69) is 10.6 Å². The summed E-state index contributed by atoms with van der Waals surface area (Å²) in [5, 5.41) is 5.66. The lowest BCUT2D eigenvalue weighted by atomic mass is 10.1. The molecule has 0 atom stereocenters. The number of nitrogens with zero attached hydrogens (tertiary/aromatic N) is 1. The van der Waals surface area contributed by atoms with Crippen LogP contribution in [0.1, 0.15) is 32.7 Å². The quantitative estimate of drug-likeness (QED) is 0.463. The highest BCUT2D eigenvalue weighted by molar-refractivity contribution is 7.99. The number of carbonyl (C=O) groups is 2. The van der Waals surface area contributed by atoms with Gasteiger partial charge in [0.2, 0.25) is 10.0 Å². The van der Waals surface area contributed by atoms with Gasteiger partial charge in [-0.25, -0.2) is 17.1 Å². The molecular formula is C25H24FN3O4S2. The van der Waals surface area contributed by atoms with Gasteiger partial charge >= 0.3 is 0 Å². The fraction of sp³-hybridized carbons (Fsp3) is 0.200. The molecule has 0 saturated carbocycles. The molecule has 2 amide bonds. The minimum atomic E-state index is -3.46. The summed E-state index contributed by atoms with van der Waals surface area (Å²) in [4.78, 5) is 26.6. The maximum absolute atomic E-state index is 13.6. The monoisotopic (exact) mass is 513 g/mol. The van der Waals surface area contributed by atoms with Crippen LogP contribution in [0.4, 0.5) is 10.1 Å². The molecule has 0 bridgehead atoms. The summed E-state index contributed by atoms with van der Waals surface area (Å²) >= 11 is 1.27. The summed E-state index contributed by atoms with van der Waals surface area (Å²) in [6, 6.07) is 15.7. The Balaban J connectivity index is 1.34. The summed E-state index contributed by atoms with van der Waals surface area (Å²) in [6.07, 6.45) is 1.35. The first-order chi connectivity index (χ1) is 16.6. The lowest BCUT2D eigenvalue weighted by Gasteiger charge is -2.12. The molecular weight excluding hydrogens is 489 g/mol. The van der Waals surface area contributed by atoms with Gasteiger partial charge in [-0.3, -0.25) is 9.59 Å². The van der Waals surface area contributed by atoms with E-state index in [-0.39, 0.29) is 16.7 Å². The van der Waals surface area contributed by atoms with Gasteiger partial charge in [0, 0.05) is 36.0 Å². The molecule has 182 valence electrons. The van der Waals surface area contributed by atoms with Crippen molar-refractivity contribution in [1.82, 2.24) is 9.62 Å². The molecule has 4 rings (SSSR count). The van der Waals surface area contributed by atoms with Gasteiger partial charge in [0.25, 0.3) is 11.8 Å². The predicted octanol–water partition coefficient (Wildman–Crippen LogP) is 4.16. The summed E-state index contributed by atoms with van der Waals surface area (Å²) in [5.74, 6) is -1.04. The molecule has 1 heterocycles. The van der Waals surface area contributed by atoms with Crippen LogP contribution in [0.25, 0.3) is 0 Å². The number of fused-ring (bicyclic) bond motifs is 2. The summed E-state index contributed by atoms with van der Waals surface area (Å²) in [6.45, 7) is 0.430. The van der Waals surface area contributed by atoms with E-state index < -0.39 is 15.8 Å². The second-order valence-corrected chi connectivity index (χ2v) is 11.4. The van der Waals surface area contributed by atoms with Gasteiger partial charge < -0.3 is 10.6 Å². The Morgan fingerprint density at radius 3 is 2.49 bits per heavy atom. The Labute approximate surface area is 207 Å². The van der Waals surface area contributed by atoms with E-state index >= 15 is 0 Å². The van der Waals surface area contributed by atoms with Gasteiger partial charge in [0.1, 0.15) is 5.82 Å². The van der Waals surface area contributed by atoms with Crippen LogP contribution in [0.3, 0.4) is 0 Å². The largest absolute Gasteiger partial charge is 0.352 e. The van der Waals surface area contributed by atoms with E-state index in [1.54, 1.807) is 42.5 Å². The average molecular weight is 514 g/mol. The van der Waals surface area contributed by atoms with Crippen molar-refractivity contribution in [3.05, 3.63) is 83.2 Å². The number of carbonyl (C=O) groups excluding carboxylic acids is 2. The van der Waals surface area contributed by atoms with Gasteiger partial charge in [0.05, 0.1) is 16.1 Å². The molecule has 3 aromatic carbocycles. The first kappa shape index (κ1) is 24.9. The number of hydrogen-bond acceptors (Lipinski definition) is 5. The smallest absolute Gasteiger partial charge is 0.256 e. The predicted molar refractivity (Wildman–Crippen MR) is 133 cm³/mol. The summed E-state index contributed by atoms with van der Waals surface area (Å²) in [7, 11) is -0.481. The van der Waals surface area contributed by atoms with E-state index in [1.807, 2.05) is 0 Å². The number of nitrogens with one attached hydrogen (secondary N) is 2. The van der Waals surface area contributed by atoms with Crippen molar-refractivity contribution in [3.8, 4) is 0 Å². The highest BCUT2D eigenvalue weighted by Crippen LogP contribution is 2.39. The van der Waals surface area contributed by atoms with Gasteiger partial charge in [-0.1, -0.05) is 23.9 Å². The second-order valence-electron chi connectivity index (χ2n) is 8.20. The van der Waals surface area contributed by atoms with Gasteiger partial charge in [0.15, 0.2) is 0 Å². The highest BCUT2D eigenvalue weighted by Gasteiger charge is 2.21. The van der Waals surface area contributed by atoms with Gasteiger partial charge in [-0.2, -0.15) is 0 Å². The van der Waals surface area contributed by atoms with Crippen molar-refractivity contribution in [2.24, 2.45) is 0 Å². The number of sulfonamides is 1. The Kier molecular flexibility index (Phi) is 7.25. The van der Waals surface area contributed by atoms with Crippen LogP contribution in [0, 0.1) is 5.82 Å². The first-order valence-electron chi connectivity index (χ1n) is 10.9. The third kappa shape index (κ3) is 5.55. The number of anilines is 1. The Bertz CT molecular complexity index is 1390. The molecule has 0 fully saturated rings. The fourth-order valence-corrected chi connectivity index (χ4v) is 5.51. The van der Waals surface area contributed by atoms with E-state index in [0.717, 1.165) is 10.5 Å². The lowest BCUT2D eigenvalue weighted by molar-refractivity contribution is 0.0951.